The molecule has 1 N–H and O–H groups in total. The molecular formula is C18H17N5O3. The van der Waals surface area contributed by atoms with E-state index in [1.54, 1.807) is 0 Å². The second-order valence-corrected chi connectivity index (χ2v) is 6.00. The van der Waals surface area contributed by atoms with E-state index in [9.17, 15) is 14.9 Å². The smallest absolute Gasteiger partial charge is 0.295 e. The topological polar surface area (TPSA) is 103 Å². The lowest BCUT2D eigenvalue weighted by molar-refractivity contribution is -0.384. The maximum atomic E-state index is 12.6. The summed E-state index contributed by atoms with van der Waals surface area (Å²) in [6.45, 7) is 4.06. The van der Waals surface area contributed by atoms with Crippen LogP contribution in [0.1, 0.15) is 35.7 Å². The summed E-state index contributed by atoms with van der Waals surface area (Å²) >= 11 is 0. The van der Waals surface area contributed by atoms with Crippen LogP contribution < -0.4 is 5.32 Å². The van der Waals surface area contributed by atoms with Crippen LogP contribution in [0.4, 0.5) is 11.4 Å². The Morgan fingerprint density at radius 2 is 2.00 bits per heavy atom. The molecule has 8 nitrogen and oxygen atoms in total. The third kappa shape index (κ3) is 3.44. The number of para-hydroxylation sites is 1. The lowest BCUT2D eigenvalue weighted by atomic mass is 10.0. The molecule has 26 heavy (non-hydrogen) atoms. The number of nitro groups is 1. The first-order valence-electron chi connectivity index (χ1n) is 8.01. The molecule has 1 amide bonds. The van der Waals surface area contributed by atoms with Crippen molar-refractivity contribution in [3.8, 4) is 5.69 Å². The molecule has 0 aliphatic rings. The number of benzene rings is 2. The highest BCUT2D eigenvalue weighted by atomic mass is 16.6. The number of nitrogens with one attached hydrogen (secondary N) is 1. The molecule has 0 aliphatic heterocycles. The van der Waals surface area contributed by atoms with Crippen LogP contribution in [0.5, 0.6) is 0 Å². The number of amides is 1. The van der Waals surface area contributed by atoms with Gasteiger partial charge in [-0.15, -0.1) is 0 Å². The van der Waals surface area contributed by atoms with E-state index in [2.05, 4.69) is 15.4 Å². The van der Waals surface area contributed by atoms with Gasteiger partial charge in [-0.05, 0) is 29.7 Å². The predicted octanol–water partition coefficient (Wildman–Crippen LogP) is 3.55. The summed E-state index contributed by atoms with van der Waals surface area (Å²) in [7, 11) is 0. The summed E-state index contributed by atoms with van der Waals surface area (Å²) in [5.41, 5.74) is 1.90. The van der Waals surface area contributed by atoms with Crippen molar-refractivity contribution in [3.63, 3.8) is 0 Å². The predicted molar refractivity (Wildman–Crippen MR) is 96.5 cm³/mol. The van der Waals surface area contributed by atoms with Crippen LogP contribution in [0.3, 0.4) is 0 Å². The molecule has 3 rings (SSSR count). The van der Waals surface area contributed by atoms with Gasteiger partial charge in [0, 0.05) is 17.3 Å². The third-order valence-electron chi connectivity index (χ3n) is 3.93. The highest BCUT2D eigenvalue weighted by Crippen LogP contribution is 2.26. The fourth-order valence-electron chi connectivity index (χ4n) is 2.65. The van der Waals surface area contributed by atoms with Gasteiger partial charge in [0.15, 0.2) is 0 Å². The molecule has 0 bridgehead atoms. The summed E-state index contributed by atoms with van der Waals surface area (Å²) in [5.74, 6) is -0.179. The minimum atomic E-state index is -0.546. The minimum Gasteiger partial charge on any atom is -0.322 e. The van der Waals surface area contributed by atoms with Crippen molar-refractivity contribution in [2.24, 2.45) is 0 Å². The molecule has 1 heterocycles. The van der Waals surface area contributed by atoms with Crippen LogP contribution in [-0.4, -0.2) is 25.6 Å². The van der Waals surface area contributed by atoms with Crippen molar-refractivity contribution in [2.75, 3.05) is 5.32 Å². The van der Waals surface area contributed by atoms with E-state index >= 15 is 0 Å². The van der Waals surface area contributed by atoms with Crippen LogP contribution >= 0.6 is 0 Å². The molecule has 132 valence electrons. The fourth-order valence-corrected chi connectivity index (χ4v) is 2.65. The Bertz CT molecular complexity index is 951. The van der Waals surface area contributed by atoms with Crippen LogP contribution in [0.2, 0.25) is 0 Å². The standard InChI is InChI=1S/C18H17N5O3/c1-12(2)14-5-3-4-6-15(14)21-18(24)13-7-8-16(17(9-13)23(25)26)22-11-19-10-20-22/h3-12H,1-2H3,(H,21,24). The summed E-state index contributed by atoms with van der Waals surface area (Å²) < 4.78 is 1.29. The van der Waals surface area contributed by atoms with Crippen LogP contribution in [0, 0.1) is 10.1 Å². The molecule has 0 aliphatic carbocycles. The highest BCUT2D eigenvalue weighted by molar-refractivity contribution is 6.05. The van der Waals surface area contributed by atoms with E-state index in [4.69, 9.17) is 0 Å². The zero-order valence-electron chi connectivity index (χ0n) is 14.3. The maximum Gasteiger partial charge on any atom is 0.295 e. The average molecular weight is 351 g/mol. The SMILES string of the molecule is CC(C)c1ccccc1NC(=O)c1ccc(-n2cncn2)c([N+](=O)[O-])c1. The maximum absolute atomic E-state index is 12.6. The molecule has 1 aromatic heterocycles. The van der Waals surface area contributed by atoms with E-state index in [0.29, 0.717) is 5.69 Å². The summed E-state index contributed by atoms with van der Waals surface area (Å²) in [6.07, 6.45) is 2.65. The molecule has 0 saturated heterocycles. The highest BCUT2D eigenvalue weighted by Gasteiger charge is 2.20. The van der Waals surface area contributed by atoms with Gasteiger partial charge in [0.1, 0.15) is 18.3 Å². The molecule has 0 atom stereocenters. The zero-order chi connectivity index (χ0) is 18.7. The summed E-state index contributed by atoms with van der Waals surface area (Å²) in [5, 5.41) is 18.1. The van der Waals surface area contributed by atoms with Crippen molar-refractivity contribution in [1.29, 1.82) is 0 Å². The van der Waals surface area contributed by atoms with E-state index in [0.717, 1.165) is 5.56 Å². The molecular weight excluding hydrogens is 334 g/mol. The zero-order valence-corrected chi connectivity index (χ0v) is 14.3. The van der Waals surface area contributed by atoms with Gasteiger partial charge in [-0.1, -0.05) is 32.0 Å². The van der Waals surface area contributed by atoms with Crippen molar-refractivity contribution in [1.82, 2.24) is 14.8 Å². The van der Waals surface area contributed by atoms with Crippen LogP contribution in [0.25, 0.3) is 5.69 Å². The Hall–Kier alpha value is -3.55. The third-order valence-corrected chi connectivity index (χ3v) is 3.93. The molecule has 8 heteroatoms. The van der Waals surface area contributed by atoms with Gasteiger partial charge >= 0.3 is 0 Å². The van der Waals surface area contributed by atoms with E-state index in [1.807, 2.05) is 38.1 Å². The normalized spacial score (nSPS) is 10.7. The average Bonchev–Trinajstić information content (AvgIpc) is 3.16. The lowest BCUT2D eigenvalue weighted by Gasteiger charge is -2.13. The molecule has 2 aromatic carbocycles. The first kappa shape index (κ1) is 17.3. The molecule has 0 fully saturated rings. The van der Waals surface area contributed by atoms with Crippen LogP contribution in [-0.2, 0) is 0 Å². The number of hydrogen-bond donors (Lipinski definition) is 1. The van der Waals surface area contributed by atoms with Gasteiger partial charge in [0.05, 0.1) is 4.92 Å². The van der Waals surface area contributed by atoms with E-state index in [-0.39, 0.29) is 22.9 Å². The first-order valence-corrected chi connectivity index (χ1v) is 8.01. The van der Waals surface area contributed by atoms with Crippen molar-refractivity contribution < 1.29 is 9.72 Å². The number of nitrogens with zero attached hydrogens (tertiary/aromatic N) is 4. The quantitative estimate of drug-likeness (QED) is 0.559. The Kier molecular flexibility index (Phi) is 4.74. The molecule has 0 spiro atoms. The van der Waals surface area contributed by atoms with Gasteiger partial charge in [0.2, 0.25) is 0 Å². The number of nitro benzene ring substituents is 1. The van der Waals surface area contributed by atoms with Gasteiger partial charge in [-0.2, -0.15) is 5.10 Å². The molecule has 0 radical (unpaired) electrons. The minimum absolute atomic E-state index is 0.194. The Labute approximate surface area is 149 Å². The summed E-state index contributed by atoms with van der Waals surface area (Å²) in [6, 6.07) is 11.7. The van der Waals surface area contributed by atoms with Gasteiger partial charge < -0.3 is 5.32 Å². The number of carbonyl (C=O) groups is 1. The Morgan fingerprint density at radius 1 is 1.23 bits per heavy atom. The second kappa shape index (κ2) is 7.14. The number of hydrogen-bond acceptors (Lipinski definition) is 5. The molecule has 0 unspecified atom stereocenters. The largest absolute Gasteiger partial charge is 0.322 e. The van der Waals surface area contributed by atoms with Crippen LogP contribution in [0.15, 0.2) is 55.1 Å². The summed E-state index contributed by atoms with van der Waals surface area (Å²) in [4.78, 5) is 27.2. The van der Waals surface area contributed by atoms with Gasteiger partial charge in [-0.25, -0.2) is 9.67 Å². The lowest BCUT2D eigenvalue weighted by Crippen LogP contribution is -2.14. The van der Waals surface area contributed by atoms with Crippen molar-refractivity contribution >= 4 is 17.3 Å². The van der Waals surface area contributed by atoms with Gasteiger partial charge in [0.25, 0.3) is 11.6 Å². The fraction of sp³-hybridized carbons (Fsp3) is 0.167. The monoisotopic (exact) mass is 351 g/mol. The molecule has 3 aromatic rings. The molecule has 0 saturated carbocycles. The number of anilines is 1. The Morgan fingerprint density at radius 3 is 2.65 bits per heavy atom. The number of carbonyl (C=O) groups excluding carboxylic acids is 1. The van der Waals surface area contributed by atoms with Crippen molar-refractivity contribution in [2.45, 2.75) is 19.8 Å². The van der Waals surface area contributed by atoms with Gasteiger partial charge in [-0.3, -0.25) is 14.9 Å². The number of rotatable bonds is 5. The second-order valence-electron chi connectivity index (χ2n) is 6.00. The van der Waals surface area contributed by atoms with E-state index in [1.165, 1.54) is 35.5 Å². The Balaban J connectivity index is 1.94. The first-order chi connectivity index (χ1) is 12.5. The van der Waals surface area contributed by atoms with Crippen molar-refractivity contribution in [3.05, 3.63) is 76.4 Å². The van der Waals surface area contributed by atoms with E-state index < -0.39 is 10.8 Å². The number of aromatic nitrogens is 3.